The molecule has 1 atom stereocenters. The number of nitrogens with two attached hydrogens (primary N) is 1. The number of aryl methyl sites for hydroxylation is 1. The van der Waals surface area contributed by atoms with Gasteiger partial charge in [0.05, 0.1) is 5.69 Å². The molecule has 1 unspecified atom stereocenters. The Balaban J connectivity index is 2.25. The van der Waals surface area contributed by atoms with Gasteiger partial charge in [-0.3, -0.25) is 0 Å². The lowest BCUT2D eigenvalue weighted by Gasteiger charge is -2.27. The fraction of sp³-hybridized carbons (Fsp3) is 0.588. The van der Waals surface area contributed by atoms with Gasteiger partial charge in [0.25, 0.3) is 0 Å². The van der Waals surface area contributed by atoms with Gasteiger partial charge in [-0.1, -0.05) is 37.1 Å². The highest BCUT2D eigenvalue weighted by atomic mass is 16.4. The summed E-state index contributed by atoms with van der Waals surface area (Å²) in [4.78, 5) is 2.42. The van der Waals surface area contributed by atoms with E-state index in [-0.39, 0.29) is 5.84 Å². The number of hydrogen-bond acceptors (Lipinski definition) is 3. The van der Waals surface area contributed by atoms with Crippen LogP contribution in [-0.4, -0.2) is 24.1 Å². The Morgan fingerprint density at radius 3 is 2.90 bits per heavy atom. The summed E-state index contributed by atoms with van der Waals surface area (Å²) in [5.41, 5.74) is 9.01. The molecule has 1 aliphatic rings. The van der Waals surface area contributed by atoms with Crippen LogP contribution < -0.4 is 10.6 Å². The average Bonchev–Trinajstić information content (AvgIpc) is 2.72. The van der Waals surface area contributed by atoms with E-state index in [1.165, 1.54) is 37.7 Å². The Labute approximate surface area is 127 Å². The van der Waals surface area contributed by atoms with Gasteiger partial charge in [0.1, 0.15) is 0 Å². The fourth-order valence-electron chi connectivity index (χ4n) is 3.43. The zero-order valence-electron chi connectivity index (χ0n) is 13.2. The van der Waals surface area contributed by atoms with Crippen molar-refractivity contribution in [2.24, 2.45) is 16.8 Å². The molecule has 2 rings (SSSR count). The van der Waals surface area contributed by atoms with Gasteiger partial charge in [-0.05, 0) is 43.7 Å². The van der Waals surface area contributed by atoms with Crippen LogP contribution in [0.25, 0.3) is 0 Å². The molecule has 1 aromatic rings. The quantitative estimate of drug-likeness (QED) is 0.386. The molecule has 0 aromatic heterocycles. The number of rotatable bonds is 4. The van der Waals surface area contributed by atoms with Crippen LogP contribution in [0.2, 0.25) is 0 Å². The van der Waals surface area contributed by atoms with E-state index in [4.69, 9.17) is 10.9 Å². The van der Waals surface area contributed by atoms with Crippen LogP contribution >= 0.6 is 0 Å². The second kappa shape index (κ2) is 7.34. The maximum absolute atomic E-state index is 9.01. The summed E-state index contributed by atoms with van der Waals surface area (Å²) in [5.74, 6) is 1.04. The van der Waals surface area contributed by atoms with Gasteiger partial charge >= 0.3 is 0 Å². The van der Waals surface area contributed by atoms with E-state index in [9.17, 15) is 0 Å². The Morgan fingerprint density at radius 2 is 2.19 bits per heavy atom. The molecule has 4 nitrogen and oxygen atoms in total. The highest BCUT2D eigenvalue weighted by Gasteiger charge is 2.21. The van der Waals surface area contributed by atoms with Crippen LogP contribution in [0.1, 0.15) is 50.2 Å². The zero-order chi connectivity index (χ0) is 15.2. The monoisotopic (exact) mass is 289 g/mol. The van der Waals surface area contributed by atoms with E-state index in [1.54, 1.807) is 0 Å². The minimum absolute atomic E-state index is 0.197. The van der Waals surface area contributed by atoms with E-state index in [2.05, 4.69) is 30.0 Å². The van der Waals surface area contributed by atoms with Crippen molar-refractivity contribution in [3.8, 4) is 0 Å². The summed E-state index contributed by atoms with van der Waals surface area (Å²) < 4.78 is 0. The van der Waals surface area contributed by atoms with Gasteiger partial charge in [0, 0.05) is 18.7 Å². The molecule has 0 spiro atoms. The summed E-state index contributed by atoms with van der Waals surface area (Å²) in [5, 5.41) is 12.2. The average molecular weight is 289 g/mol. The second-order valence-corrected chi connectivity index (χ2v) is 6.03. The van der Waals surface area contributed by atoms with Crippen molar-refractivity contribution in [2.45, 2.75) is 46.0 Å². The summed E-state index contributed by atoms with van der Waals surface area (Å²) in [6.07, 6.45) is 6.36. The number of nitrogens with zero attached hydrogens (tertiary/aromatic N) is 2. The normalized spacial score (nSPS) is 20.4. The molecule has 0 bridgehead atoms. The van der Waals surface area contributed by atoms with Gasteiger partial charge in [0.15, 0.2) is 5.84 Å². The van der Waals surface area contributed by atoms with Crippen molar-refractivity contribution in [1.29, 1.82) is 0 Å². The fourth-order valence-corrected chi connectivity index (χ4v) is 3.43. The maximum Gasteiger partial charge on any atom is 0.172 e. The molecule has 1 fully saturated rings. The first-order chi connectivity index (χ1) is 10.2. The van der Waals surface area contributed by atoms with Crippen molar-refractivity contribution >= 4 is 11.5 Å². The molecule has 21 heavy (non-hydrogen) atoms. The van der Waals surface area contributed by atoms with E-state index in [1.807, 2.05) is 12.1 Å². The van der Waals surface area contributed by atoms with Crippen LogP contribution in [-0.2, 0) is 0 Å². The number of hydrogen-bond donors (Lipinski definition) is 2. The Hall–Kier alpha value is -1.71. The molecule has 1 heterocycles. The third-order valence-corrected chi connectivity index (χ3v) is 4.48. The molecule has 0 saturated carbocycles. The molecule has 116 valence electrons. The first-order valence-electron chi connectivity index (χ1n) is 7.99. The van der Waals surface area contributed by atoms with Crippen molar-refractivity contribution < 1.29 is 5.21 Å². The topological polar surface area (TPSA) is 61.8 Å². The predicted molar refractivity (Wildman–Crippen MR) is 88.2 cm³/mol. The zero-order valence-corrected chi connectivity index (χ0v) is 13.2. The van der Waals surface area contributed by atoms with Crippen LogP contribution in [0.3, 0.4) is 0 Å². The van der Waals surface area contributed by atoms with Crippen LogP contribution in [0.4, 0.5) is 5.69 Å². The first-order valence-corrected chi connectivity index (χ1v) is 7.99. The van der Waals surface area contributed by atoms with E-state index < -0.39 is 0 Å². The lowest BCUT2D eigenvalue weighted by atomic mass is 9.96. The molecule has 1 saturated heterocycles. The molecule has 0 amide bonds. The molecule has 4 heteroatoms. The third kappa shape index (κ3) is 3.69. The summed E-state index contributed by atoms with van der Waals surface area (Å²) >= 11 is 0. The summed E-state index contributed by atoms with van der Waals surface area (Å²) in [6.45, 7) is 6.47. The lowest BCUT2D eigenvalue weighted by molar-refractivity contribution is 0.318. The smallest absolute Gasteiger partial charge is 0.172 e. The van der Waals surface area contributed by atoms with E-state index in [0.29, 0.717) is 0 Å². The minimum atomic E-state index is 0.197. The van der Waals surface area contributed by atoms with E-state index in [0.717, 1.165) is 30.3 Å². The molecule has 1 aromatic carbocycles. The summed E-state index contributed by atoms with van der Waals surface area (Å²) in [6, 6.07) is 5.99. The highest BCUT2D eigenvalue weighted by Crippen LogP contribution is 2.30. The first kappa shape index (κ1) is 15.7. The van der Waals surface area contributed by atoms with Crippen molar-refractivity contribution in [1.82, 2.24) is 0 Å². The highest BCUT2D eigenvalue weighted by molar-refractivity contribution is 6.02. The maximum atomic E-state index is 9.01. The molecule has 3 N–H and O–H groups in total. The lowest BCUT2D eigenvalue weighted by Crippen LogP contribution is -2.28. The Morgan fingerprint density at radius 1 is 1.38 bits per heavy atom. The molecular weight excluding hydrogens is 262 g/mol. The molecule has 1 aliphatic heterocycles. The third-order valence-electron chi connectivity index (χ3n) is 4.48. The number of amidine groups is 1. The van der Waals surface area contributed by atoms with Crippen molar-refractivity contribution in [3.63, 3.8) is 0 Å². The summed E-state index contributed by atoms with van der Waals surface area (Å²) in [7, 11) is 0. The van der Waals surface area contributed by atoms with Crippen LogP contribution in [0.5, 0.6) is 0 Å². The van der Waals surface area contributed by atoms with Gasteiger partial charge in [-0.25, -0.2) is 0 Å². The van der Waals surface area contributed by atoms with Crippen LogP contribution in [0.15, 0.2) is 23.4 Å². The van der Waals surface area contributed by atoms with Gasteiger partial charge in [-0.15, -0.1) is 0 Å². The second-order valence-electron chi connectivity index (χ2n) is 6.03. The van der Waals surface area contributed by atoms with E-state index >= 15 is 0 Å². The molecule has 0 aliphatic carbocycles. The van der Waals surface area contributed by atoms with Gasteiger partial charge < -0.3 is 15.8 Å². The van der Waals surface area contributed by atoms with Crippen molar-refractivity contribution in [2.75, 3.05) is 18.0 Å². The minimum Gasteiger partial charge on any atom is -0.409 e. The Bertz CT molecular complexity index is 499. The standard InChI is InChI=1S/C17H27N3O/c1-3-6-14-8-5-11-20(12-10-14)16-13(2)7-4-9-15(16)17(18)19-21/h4,7,9,14,21H,3,5-6,8,10-12H2,1-2H3,(H2,18,19). The Kier molecular flexibility index (Phi) is 5.48. The largest absolute Gasteiger partial charge is 0.409 e. The number of para-hydroxylation sites is 1. The number of oxime groups is 1. The van der Waals surface area contributed by atoms with Gasteiger partial charge in [-0.2, -0.15) is 0 Å². The number of anilines is 1. The predicted octanol–water partition coefficient (Wildman–Crippen LogP) is 3.50. The molecular formula is C17H27N3O. The number of benzene rings is 1. The van der Waals surface area contributed by atoms with Crippen LogP contribution in [0, 0.1) is 12.8 Å². The van der Waals surface area contributed by atoms with Gasteiger partial charge in [0.2, 0.25) is 0 Å². The molecule has 0 radical (unpaired) electrons. The SMILES string of the molecule is CCCC1CCCN(c2c(C)cccc2/C(N)=N/O)CC1. The van der Waals surface area contributed by atoms with Crippen molar-refractivity contribution in [3.05, 3.63) is 29.3 Å².